The summed E-state index contributed by atoms with van der Waals surface area (Å²) in [7, 11) is 6.52. The summed E-state index contributed by atoms with van der Waals surface area (Å²) in [5, 5.41) is 9.89. The van der Waals surface area contributed by atoms with Crippen LogP contribution in [-0.2, 0) is 6.54 Å². The van der Waals surface area contributed by atoms with Gasteiger partial charge in [-0.3, -0.25) is 14.6 Å². The van der Waals surface area contributed by atoms with Crippen molar-refractivity contribution in [3.8, 4) is 0 Å². The second-order valence-corrected chi connectivity index (χ2v) is 13.2. The van der Waals surface area contributed by atoms with E-state index in [1.807, 2.05) is 61.6 Å². The van der Waals surface area contributed by atoms with E-state index in [1.165, 1.54) is 19.3 Å². The molecule has 8 nitrogen and oxygen atoms in total. The molecule has 3 N–H and O–H groups in total. The lowest BCUT2D eigenvalue weighted by Crippen LogP contribution is -3.00. The van der Waals surface area contributed by atoms with E-state index in [4.69, 9.17) is 5.73 Å². The van der Waals surface area contributed by atoms with Gasteiger partial charge in [0.15, 0.2) is 24.0 Å². The van der Waals surface area contributed by atoms with E-state index in [0.29, 0.717) is 40.2 Å². The number of carbonyl (C=O) groups is 2. The number of hydrazone groups is 1. The van der Waals surface area contributed by atoms with Crippen LogP contribution in [0.1, 0.15) is 75.1 Å². The molecule has 0 saturated carbocycles. The zero-order chi connectivity index (χ0) is 33.4. The van der Waals surface area contributed by atoms with Gasteiger partial charge >= 0.3 is 0 Å². The van der Waals surface area contributed by atoms with E-state index < -0.39 is 0 Å². The molecule has 1 heterocycles. The number of anilines is 3. The quantitative estimate of drug-likeness (QED) is 0.0397. The van der Waals surface area contributed by atoms with Crippen LogP contribution in [0.3, 0.4) is 0 Å². The second-order valence-electron chi connectivity index (χ2n) is 13.2. The maximum atomic E-state index is 13.4. The summed E-state index contributed by atoms with van der Waals surface area (Å²) in [6, 6.07) is 23.2. The predicted octanol–water partition coefficient (Wildman–Crippen LogP) is 0.257. The number of fused-ring (bicyclic) bond motifs is 2. The van der Waals surface area contributed by atoms with Gasteiger partial charge < -0.3 is 49.5 Å². The number of rotatable bonds is 15. The number of pyridine rings is 1. The summed E-state index contributed by atoms with van der Waals surface area (Å²) in [6.07, 6.45) is 11.9. The molecule has 260 valence electrons. The first-order valence-corrected chi connectivity index (χ1v) is 16.6. The minimum absolute atomic E-state index is 0. The van der Waals surface area contributed by atoms with Crippen LogP contribution < -0.4 is 54.6 Å². The van der Waals surface area contributed by atoms with Crippen LogP contribution in [0, 0.1) is 6.92 Å². The number of halogens is 2. The van der Waals surface area contributed by atoms with Crippen molar-refractivity contribution >= 4 is 34.8 Å². The monoisotopic (exact) mass is 790 g/mol. The third-order valence-electron chi connectivity index (χ3n) is 9.06. The van der Waals surface area contributed by atoms with Crippen molar-refractivity contribution in [1.82, 2.24) is 0 Å². The van der Waals surface area contributed by atoms with E-state index in [9.17, 15) is 9.59 Å². The van der Waals surface area contributed by atoms with Gasteiger partial charge in [-0.15, -0.1) is 0 Å². The van der Waals surface area contributed by atoms with Crippen LogP contribution in [0.15, 0.2) is 90.3 Å². The van der Waals surface area contributed by atoms with Crippen molar-refractivity contribution in [2.45, 2.75) is 45.6 Å². The molecule has 0 bridgehead atoms. The third-order valence-corrected chi connectivity index (χ3v) is 9.06. The van der Waals surface area contributed by atoms with Crippen LogP contribution >= 0.6 is 0 Å². The minimum atomic E-state index is -0.179. The highest BCUT2D eigenvalue weighted by molar-refractivity contribution is 6.32. The number of ketones is 2. The molecule has 0 fully saturated rings. The Hall–Kier alpha value is -3.86. The molecular weight excluding hydrogens is 744 g/mol. The molecule has 0 unspecified atom stereocenters. The number of benzene rings is 3. The normalized spacial score (nSPS) is 12.2. The van der Waals surface area contributed by atoms with Crippen molar-refractivity contribution < 1.29 is 52.6 Å². The van der Waals surface area contributed by atoms with Gasteiger partial charge in [-0.2, -0.15) is 5.10 Å². The maximum absolute atomic E-state index is 13.4. The molecule has 1 aliphatic carbocycles. The zero-order valence-electron chi connectivity index (χ0n) is 29.0. The Kier molecular flexibility index (Phi) is 14.7. The molecule has 0 radical (unpaired) electrons. The number of carbonyl (C=O) groups excluding carboxylic acids is 2. The van der Waals surface area contributed by atoms with Crippen molar-refractivity contribution in [3.63, 3.8) is 0 Å². The number of nitrogens with one attached hydrogen (secondary N) is 1. The van der Waals surface area contributed by atoms with Gasteiger partial charge in [-0.1, -0.05) is 42.5 Å². The lowest BCUT2D eigenvalue weighted by Gasteiger charge is -2.30. The minimum Gasteiger partial charge on any atom is -1.00 e. The molecule has 0 atom stereocenters. The number of unbranched alkanes of at least 4 members (excludes halogenated alkanes) is 3. The summed E-state index contributed by atoms with van der Waals surface area (Å²) in [6.45, 7) is 5.76. The molecule has 1 aliphatic rings. The number of hydrogen-bond acceptors (Lipinski definition) is 6. The van der Waals surface area contributed by atoms with Crippen molar-refractivity contribution in [2.75, 3.05) is 56.8 Å². The number of hydrogen-bond donors (Lipinski definition) is 2. The highest BCUT2D eigenvalue weighted by atomic mass is 79.9. The van der Waals surface area contributed by atoms with Crippen molar-refractivity contribution in [1.29, 1.82) is 0 Å². The van der Waals surface area contributed by atoms with Crippen molar-refractivity contribution in [3.05, 3.63) is 119 Å². The Morgan fingerprint density at radius 2 is 1.41 bits per heavy atom. The fourth-order valence-electron chi connectivity index (χ4n) is 6.19. The van der Waals surface area contributed by atoms with E-state index in [1.54, 1.807) is 24.3 Å². The maximum Gasteiger partial charge on any atom is 0.196 e. The van der Waals surface area contributed by atoms with Crippen LogP contribution in [0.4, 0.5) is 17.1 Å². The molecule has 10 heteroatoms. The average Bonchev–Trinajstić information content (AvgIpc) is 3.08. The van der Waals surface area contributed by atoms with Gasteiger partial charge in [0.25, 0.3) is 0 Å². The summed E-state index contributed by atoms with van der Waals surface area (Å²) >= 11 is 0. The Bertz CT molecular complexity index is 1740. The summed E-state index contributed by atoms with van der Waals surface area (Å²) in [4.78, 5) is 26.7. The molecule has 4 aromatic rings. The largest absolute Gasteiger partial charge is 1.00 e. The van der Waals surface area contributed by atoms with E-state index in [-0.39, 0.29) is 45.5 Å². The molecule has 5 rings (SSSR count). The molecule has 1 aromatic heterocycles. The molecule has 3 aromatic carbocycles. The predicted molar refractivity (Wildman–Crippen MR) is 191 cm³/mol. The number of aromatic nitrogens is 1. The fraction of sp³-hybridized carbons (Fsp3) is 0.333. The van der Waals surface area contributed by atoms with Crippen molar-refractivity contribution in [2.24, 2.45) is 5.10 Å². The highest BCUT2D eigenvalue weighted by Crippen LogP contribution is 2.37. The standard InChI is InChI=1S/C39H47N6O2.2BrH/c1-29-27-34(35-36(37(29)40)39(47)33-18-11-10-17-32(33)38(35)46)41-21-14-26-45(3,4)25-13-6-5-12-22-44-23-19-30(20-24-44)28-42-43(2)31-15-8-7-9-16-31;;/h7-11,15-20,23-24,27-28,40,42H,5-6,12-14,21-22,25-26H2,1-4H3;2*1H/q+1;;/p-1. The summed E-state index contributed by atoms with van der Waals surface area (Å²) < 4.78 is 3.19. The molecule has 0 saturated heterocycles. The second kappa shape index (κ2) is 18.2. The first-order chi connectivity index (χ1) is 22.6. The van der Waals surface area contributed by atoms with Crippen LogP contribution in [0.25, 0.3) is 0 Å². The smallest absolute Gasteiger partial charge is 0.196 e. The third kappa shape index (κ3) is 10.1. The van der Waals surface area contributed by atoms with E-state index in [0.717, 1.165) is 53.8 Å². The van der Waals surface area contributed by atoms with Gasteiger partial charge in [0.05, 0.1) is 50.2 Å². The zero-order valence-corrected chi connectivity index (χ0v) is 32.1. The fourth-order valence-corrected chi connectivity index (χ4v) is 6.19. The molecular formula is C39H48Br2N6O2. The average molecular weight is 793 g/mol. The van der Waals surface area contributed by atoms with Crippen LogP contribution in [0.2, 0.25) is 0 Å². The molecule has 49 heavy (non-hydrogen) atoms. The lowest BCUT2D eigenvalue weighted by molar-refractivity contribution is -0.890. The number of nitrogen functional groups attached to an aromatic ring is 1. The van der Waals surface area contributed by atoms with Gasteiger partial charge in [-0.05, 0) is 49.9 Å². The first-order valence-electron chi connectivity index (χ1n) is 16.6. The first kappa shape index (κ1) is 39.6. The highest BCUT2D eigenvalue weighted by Gasteiger charge is 2.34. The summed E-state index contributed by atoms with van der Waals surface area (Å²) in [5.41, 5.74) is 12.0. The Morgan fingerprint density at radius 3 is 2.08 bits per heavy atom. The molecule has 0 spiro atoms. The van der Waals surface area contributed by atoms with Gasteiger partial charge in [-0.25, -0.2) is 4.57 Å². The number of nitrogens with two attached hydrogens (primary N) is 1. The number of aryl methyl sites for hydroxylation is 2. The van der Waals surface area contributed by atoms with E-state index in [2.05, 4.69) is 53.6 Å². The van der Waals surface area contributed by atoms with Gasteiger partial charge in [0.2, 0.25) is 0 Å². The number of para-hydroxylation sites is 1. The SMILES string of the molecule is Cc1cc(NCCC[N+](C)(C)CCCCCC[n+]2ccc(/C=N/N(C)c3ccccc3)cc2)c2c(c1N)C(=O)c1ccccc1C2=O.[Br-].[Br-]. The van der Waals surface area contributed by atoms with Crippen LogP contribution in [-0.4, -0.2) is 63.0 Å². The Balaban J connectivity index is 0.00000325. The van der Waals surface area contributed by atoms with Gasteiger partial charge in [0, 0.05) is 66.6 Å². The lowest BCUT2D eigenvalue weighted by atomic mass is 9.81. The van der Waals surface area contributed by atoms with Gasteiger partial charge in [0.1, 0.15) is 6.54 Å². The van der Waals surface area contributed by atoms with E-state index >= 15 is 0 Å². The Morgan fingerprint density at radius 1 is 0.816 bits per heavy atom. The molecule has 0 aliphatic heterocycles. The number of nitrogens with zero attached hydrogens (tertiary/aromatic N) is 4. The summed E-state index contributed by atoms with van der Waals surface area (Å²) in [5.74, 6) is -0.324. The topological polar surface area (TPSA) is 91.7 Å². The Labute approximate surface area is 312 Å². The molecule has 0 amide bonds. The number of quaternary nitrogens is 1. The van der Waals surface area contributed by atoms with Crippen LogP contribution in [0.5, 0.6) is 0 Å².